The molecule has 2 atom stereocenters. The van der Waals surface area contributed by atoms with Gasteiger partial charge in [0.15, 0.2) is 11.8 Å². The number of aromatic nitrogens is 3. The zero-order valence-electron chi connectivity index (χ0n) is 16.1. The molecule has 1 aliphatic rings. The molecule has 0 aliphatic heterocycles. The van der Waals surface area contributed by atoms with Gasteiger partial charge in [-0.1, -0.05) is 50.1 Å². The molecule has 0 radical (unpaired) electrons. The van der Waals surface area contributed by atoms with E-state index in [1.807, 2.05) is 24.6 Å². The van der Waals surface area contributed by atoms with Gasteiger partial charge < -0.3 is 15.2 Å². The van der Waals surface area contributed by atoms with E-state index in [0.29, 0.717) is 19.1 Å². The molecule has 0 bridgehead atoms. The molecule has 6 nitrogen and oxygen atoms in total. The Morgan fingerprint density at radius 1 is 1.23 bits per heavy atom. The SMILES string of the molecule is Cc1nnc(CNC(=NCc2ccccc2)NC2CCCC(C)C2)n1C. The molecule has 0 amide bonds. The fourth-order valence-corrected chi connectivity index (χ4v) is 3.43. The predicted octanol–water partition coefficient (Wildman–Crippen LogP) is 2.94. The monoisotopic (exact) mass is 354 g/mol. The summed E-state index contributed by atoms with van der Waals surface area (Å²) >= 11 is 0. The van der Waals surface area contributed by atoms with Crippen LogP contribution in [0.5, 0.6) is 0 Å². The third kappa shape index (κ3) is 5.07. The lowest BCUT2D eigenvalue weighted by Gasteiger charge is -2.29. The first-order valence-corrected chi connectivity index (χ1v) is 9.55. The van der Waals surface area contributed by atoms with E-state index in [1.165, 1.54) is 31.2 Å². The molecule has 6 heteroatoms. The molecular weight excluding hydrogens is 324 g/mol. The quantitative estimate of drug-likeness (QED) is 0.640. The van der Waals surface area contributed by atoms with E-state index in [0.717, 1.165) is 23.5 Å². The summed E-state index contributed by atoms with van der Waals surface area (Å²) in [7, 11) is 1.99. The summed E-state index contributed by atoms with van der Waals surface area (Å²) in [6.07, 6.45) is 5.03. The third-order valence-corrected chi connectivity index (χ3v) is 5.14. The van der Waals surface area contributed by atoms with E-state index in [1.54, 1.807) is 0 Å². The molecule has 0 spiro atoms. The topological polar surface area (TPSA) is 67.1 Å². The molecule has 2 aromatic rings. The van der Waals surface area contributed by atoms with Crippen molar-refractivity contribution in [3.8, 4) is 0 Å². The number of hydrogen-bond donors (Lipinski definition) is 2. The van der Waals surface area contributed by atoms with Gasteiger partial charge in [-0.3, -0.25) is 0 Å². The maximum absolute atomic E-state index is 4.80. The smallest absolute Gasteiger partial charge is 0.192 e. The molecule has 2 unspecified atom stereocenters. The van der Waals surface area contributed by atoms with E-state index in [2.05, 4.69) is 52.0 Å². The van der Waals surface area contributed by atoms with Crippen molar-refractivity contribution in [1.82, 2.24) is 25.4 Å². The first-order valence-electron chi connectivity index (χ1n) is 9.55. The summed E-state index contributed by atoms with van der Waals surface area (Å²) < 4.78 is 2.00. The highest BCUT2D eigenvalue weighted by molar-refractivity contribution is 5.80. The first kappa shape index (κ1) is 18.4. The van der Waals surface area contributed by atoms with Crippen LogP contribution in [0.4, 0.5) is 0 Å². The summed E-state index contributed by atoms with van der Waals surface area (Å²) in [4.78, 5) is 4.80. The van der Waals surface area contributed by atoms with Gasteiger partial charge in [0.1, 0.15) is 5.82 Å². The molecule has 0 saturated heterocycles. The molecule has 1 heterocycles. The second-order valence-corrected chi connectivity index (χ2v) is 7.34. The van der Waals surface area contributed by atoms with E-state index in [4.69, 9.17) is 4.99 Å². The van der Waals surface area contributed by atoms with Crippen LogP contribution in [0.15, 0.2) is 35.3 Å². The van der Waals surface area contributed by atoms with Crippen molar-refractivity contribution in [2.75, 3.05) is 0 Å². The van der Waals surface area contributed by atoms with Crippen LogP contribution >= 0.6 is 0 Å². The fraction of sp³-hybridized carbons (Fsp3) is 0.550. The molecule has 1 aromatic carbocycles. The first-order chi connectivity index (χ1) is 12.6. The van der Waals surface area contributed by atoms with Crippen molar-refractivity contribution in [3.63, 3.8) is 0 Å². The minimum atomic E-state index is 0.488. The van der Waals surface area contributed by atoms with Gasteiger partial charge in [0, 0.05) is 13.1 Å². The second-order valence-electron chi connectivity index (χ2n) is 7.34. The summed E-state index contributed by atoms with van der Waals surface area (Å²) in [6, 6.07) is 10.8. The molecular formula is C20H30N6. The average Bonchev–Trinajstić information content (AvgIpc) is 2.97. The summed E-state index contributed by atoms with van der Waals surface area (Å²) in [6.45, 7) is 5.57. The highest BCUT2D eigenvalue weighted by atomic mass is 15.3. The van der Waals surface area contributed by atoms with Crippen LogP contribution in [0.3, 0.4) is 0 Å². The minimum absolute atomic E-state index is 0.488. The third-order valence-electron chi connectivity index (χ3n) is 5.14. The summed E-state index contributed by atoms with van der Waals surface area (Å²) in [5.74, 6) is 3.46. The van der Waals surface area contributed by atoms with Crippen molar-refractivity contribution in [2.45, 2.75) is 58.7 Å². The van der Waals surface area contributed by atoms with Gasteiger partial charge in [-0.2, -0.15) is 0 Å². The van der Waals surface area contributed by atoms with Crippen LogP contribution in [0.2, 0.25) is 0 Å². The number of aryl methyl sites for hydroxylation is 1. The number of rotatable bonds is 5. The Kier molecular flexibility index (Phi) is 6.26. The van der Waals surface area contributed by atoms with Crippen molar-refractivity contribution >= 4 is 5.96 Å². The number of benzene rings is 1. The number of nitrogens with zero attached hydrogens (tertiary/aromatic N) is 4. The van der Waals surface area contributed by atoms with E-state index in [-0.39, 0.29) is 0 Å². The number of nitrogens with one attached hydrogen (secondary N) is 2. The van der Waals surface area contributed by atoms with Gasteiger partial charge in [-0.25, -0.2) is 4.99 Å². The second kappa shape index (κ2) is 8.83. The Morgan fingerprint density at radius 2 is 2.04 bits per heavy atom. The molecule has 2 N–H and O–H groups in total. The Bertz CT molecular complexity index is 721. The van der Waals surface area contributed by atoms with Crippen LogP contribution in [0, 0.1) is 12.8 Å². The van der Waals surface area contributed by atoms with Gasteiger partial charge in [0.2, 0.25) is 0 Å². The average molecular weight is 355 g/mol. The van der Waals surface area contributed by atoms with Crippen molar-refractivity contribution in [3.05, 3.63) is 47.5 Å². The standard InChI is InChI=1S/C20H30N6/c1-15-8-7-11-18(12-15)23-20(21-13-17-9-5-4-6-10-17)22-14-19-25-24-16(2)26(19)3/h4-6,9-10,15,18H,7-8,11-14H2,1-3H3,(H2,21,22,23). The van der Waals surface area contributed by atoms with Gasteiger partial charge in [-0.05, 0) is 31.2 Å². The zero-order chi connectivity index (χ0) is 18.4. The van der Waals surface area contributed by atoms with E-state index >= 15 is 0 Å². The summed E-state index contributed by atoms with van der Waals surface area (Å²) in [5, 5.41) is 15.4. The van der Waals surface area contributed by atoms with E-state index in [9.17, 15) is 0 Å². The fourth-order valence-electron chi connectivity index (χ4n) is 3.43. The zero-order valence-corrected chi connectivity index (χ0v) is 16.1. The van der Waals surface area contributed by atoms with Gasteiger partial charge >= 0.3 is 0 Å². The maximum Gasteiger partial charge on any atom is 0.192 e. The maximum atomic E-state index is 4.80. The number of hydrogen-bond acceptors (Lipinski definition) is 3. The molecule has 26 heavy (non-hydrogen) atoms. The molecule has 1 aliphatic carbocycles. The Hall–Kier alpha value is -2.37. The van der Waals surface area contributed by atoms with Gasteiger partial charge in [0.25, 0.3) is 0 Å². The van der Waals surface area contributed by atoms with Crippen LogP contribution < -0.4 is 10.6 Å². The lowest BCUT2D eigenvalue weighted by molar-refractivity contribution is 0.324. The highest BCUT2D eigenvalue weighted by Crippen LogP contribution is 2.23. The Balaban J connectivity index is 1.66. The predicted molar refractivity (Wildman–Crippen MR) is 105 cm³/mol. The molecule has 140 valence electrons. The molecule has 1 fully saturated rings. The van der Waals surface area contributed by atoms with Crippen LogP contribution in [-0.2, 0) is 20.1 Å². The Labute approximate surface area is 156 Å². The van der Waals surface area contributed by atoms with Crippen molar-refractivity contribution in [1.29, 1.82) is 0 Å². The normalized spacial score (nSPS) is 20.8. The lowest BCUT2D eigenvalue weighted by atomic mass is 9.87. The largest absolute Gasteiger partial charge is 0.354 e. The molecule has 1 saturated carbocycles. The number of guanidine groups is 1. The molecule has 3 rings (SSSR count). The van der Waals surface area contributed by atoms with Crippen molar-refractivity contribution in [2.24, 2.45) is 18.0 Å². The van der Waals surface area contributed by atoms with Crippen molar-refractivity contribution < 1.29 is 0 Å². The minimum Gasteiger partial charge on any atom is -0.354 e. The van der Waals surface area contributed by atoms with Gasteiger partial charge in [0.05, 0.1) is 13.1 Å². The van der Waals surface area contributed by atoms with Gasteiger partial charge in [-0.15, -0.1) is 10.2 Å². The Morgan fingerprint density at radius 3 is 2.73 bits per heavy atom. The van der Waals surface area contributed by atoms with Crippen LogP contribution in [-0.4, -0.2) is 26.8 Å². The number of aliphatic imine (C=N–C) groups is 1. The summed E-state index contributed by atoms with van der Waals surface area (Å²) in [5.41, 5.74) is 1.21. The molecule has 1 aromatic heterocycles. The lowest BCUT2D eigenvalue weighted by Crippen LogP contribution is -2.45. The van der Waals surface area contributed by atoms with Crippen LogP contribution in [0.1, 0.15) is 49.8 Å². The highest BCUT2D eigenvalue weighted by Gasteiger charge is 2.20. The van der Waals surface area contributed by atoms with E-state index < -0.39 is 0 Å². The van der Waals surface area contributed by atoms with Crippen LogP contribution in [0.25, 0.3) is 0 Å².